The molecule has 0 N–H and O–H groups in total. The summed E-state index contributed by atoms with van der Waals surface area (Å²) in [6.07, 6.45) is 1.25. The van der Waals surface area contributed by atoms with Gasteiger partial charge in [-0.25, -0.2) is 0 Å². The molecule has 0 aliphatic carbocycles. The Bertz CT molecular complexity index is 234. The van der Waals surface area contributed by atoms with Crippen molar-refractivity contribution in [2.24, 2.45) is 5.92 Å². The summed E-state index contributed by atoms with van der Waals surface area (Å²) >= 11 is 0. The van der Waals surface area contributed by atoms with E-state index in [0.29, 0.717) is 0 Å². The van der Waals surface area contributed by atoms with Gasteiger partial charge >= 0.3 is 8.56 Å². The van der Waals surface area contributed by atoms with E-state index in [1.807, 2.05) is 0 Å². The van der Waals surface area contributed by atoms with Crippen LogP contribution in [0.25, 0.3) is 0 Å². The standard InChI is InChI=1S/C12H32O2Si3/c1-10-12(2)11-16(6,7)14-17(8,9)13-15(3,4)5/h12H,10-11H2,1-9H3. The molecule has 0 rings (SSSR count). The molecule has 0 aromatic carbocycles. The van der Waals surface area contributed by atoms with E-state index in [9.17, 15) is 0 Å². The first-order valence-electron chi connectivity index (χ1n) is 6.77. The van der Waals surface area contributed by atoms with E-state index in [0.717, 1.165) is 5.92 Å². The Morgan fingerprint density at radius 2 is 1.35 bits per heavy atom. The van der Waals surface area contributed by atoms with Crippen molar-refractivity contribution in [1.82, 2.24) is 0 Å². The second-order valence-corrected chi connectivity index (χ2v) is 19.8. The fraction of sp³-hybridized carbons (Fsp3) is 1.00. The van der Waals surface area contributed by atoms with Crippen molar-refractivity contribution in [3.05, 3.63) is 0 Å². The Morgan fingerprint density at radius 1 is 0.882 bits per heavy atom. The molecule has 0 heterocycles. The lowest BCUT2D eigenvalue weighted by Gasteiger charge is -2.38. The van der Waals surface area contributed by atoms with E-state index < -0.39 is 25.2 Å². The maximum atomic E-state index is 6.46. The summed E-state index contributed by atoms with van der Waals surface area (Å²) in [5.74, 6) is 0.772. The third kappa shape index (κ3) is 9.19. The third-order valence-electron chi connectivity index (χ3n) is 2.61. The van der Waals surface area contributed by atoms with Gasteiger partial charge < -0.3 is 8.23 Å². The van der Waals surface area contributed by atoms with Crippen LogP contribution in [-0.4, -0.2) is 25.2 Å². The van der Waals surface area contributed by atoms with Crippen LogP contribution in [0, 0.1) is 5.92 Å². The smallest absolute Gasteiger partial charge is 0.311 e. The number of rotatable bonds is 7. The maximum Gasteiger partial charge on any atom is 0.311 e. The highest BCUT2D eigenvalue weighted by atomic mass is 28.5. The Balaban J connectivity index is 4.47. The summed E-state index contributed by atoms with van der Waals surface area (Å²) < 4.78 is 12.7. The minimum absolute atomic E-state index is 0.772. The van der Waals surface area contributed by atoms with Crippen LogP contribution in [0.3, 0.4) is 0 Å². The molecule has 0 radical (unpaired) electrons. The van der Waals surface area contributed by atoms with Gasteiger partial charge in [-0.05, 0) is 57.8 Å². The molecular formula is C12H32O2Si3. The van der Waals surface area contributed by atoms with Crippen LogP contribution in [-0.2, 0) is 8.23 Å². The lowest BCUT2D eigenvalue weighted by molar-refractivity contribution is 0.386. The molecule has 0 saturated carbocycles. The minimum atomic E-state index is -1.93. The zero-order chi connectivity index (χ0) is 13.9. The van der Waals surface area contributed by atoms with Gasteiger partial charge in [0.1, 0.15) is 0 Å². The number of hydrogen-bond acceptors (Lipinski definition) is 2. The second-order valence-electron chi connectivity index (χ2n) is 7.19. The van der Waals surface area contributed by atoms with Crippen molar-refractivity contribution in [3.8, 4) is 0 Å². The van der Waals surface area contributed by atoms with Gasteiger partial charge in [-0.2, -0.15) is 0 Å². The topological polar surface area (TPSA) is 18.5 Å². The van der Waals surface area contributed by atoms with Gasteiger partial charge in [0.05, 0.1) is 0 Å². The molecule has 2 nitrogen and oxygen atoms in total. The highest BCUT2D eigenvalue weighted by molar-refractivity contribution is 6.87. The second kappa shape index (κ2) is 6.14. The van der Waals surface area contributed by atoms with Crippen LogP contribution >= 0.6 is 0 Å². The average molecular weight is 293 g/mol. The first-order chi connectivity index (χ1) is 7.37. The van der Waals surface area contributed by atoms with Crippen LogP contribution in [0.2, 0.25) is 51.9 Å². The van der Waals surface area contributed by atoms with Crippen molar-refractivity contribution < 1.29 is 8.23 Å². The van der Waals surface area contributed by atoms with Gasteiger partial charge in [-0.15, -0.1) is 0 Å². The Hall–Kier alpha value is 0.571. The van der Waals surface area contributed by atoms with Crippen LogP contribution in [0.4, 0.5) is 0 Å². The molecule has 0 aromatic heterocycles. The molecule has 0 bridgehead atoms. The normalized spacial score (nSPS) is 16.1. The van der Waals surface area contributed by atoms with E-state index in [1.165, 1.54) is 12.5 Å². The van der Waals surface area contributed by atoms with E-state index in [1.54, 1.807) is 0 Å². The van der Waals surface area contributed by atoms with E-state index >= 15 is 0 Å². The Labute approximate surface area is 112 Å². The van der Waals surface area contributed by atoms with Crippen LogP contribution in [0.15, 0.2) is 0 Å². The fourth-order valence-corrected chi connectivity index (χ4v) is 16.5. The van der Waals surface area contributed by atoms with Gasteiger partial charge in [-0.3, -0.25) is 0 Å². The zero-order valence-electron chi connectivity index (χ0n) is 13.3. The molecule has 0 amide bonds. The van der Waals surface area contributed by atoms with Crippen molar-refractivity contribution >= 4 is 25.2 Å². The first kappa shape index (κ1) is 17.6. The Morgan fingerprint density at radius 3 is 1.71 bits per heavy atom. The molecule has 1 atom stereocenters. The largest absolute Gasteiger partial charge is 0.437 e. The van der Waals surface area contributed by atoms with Crippen LogP contribution in [0.1, 0.15) is 20.3 Å². The zero-order valence-corrected chi connectivity index (χ0v) is 16.3. The minimum Gasteiger partial charge on any atom is -0.437 e. The quantitative estimate of drug-likeness (QED) is 0.627. The molecule has 17 heavy (non-hydrogen) atoms. The van der Waals surface area contributed by atoms with Gasteiger partial charge in [0.25, 0.3) is 0 Å². The molecular weight excluding hydrogens is 260 g/mol. The molecule has 0 spiro atoms. The average Bonchev–Trinajstić information content (AvgIpc) is 1.94. The highest BCUT2D eigenvalue weighted by Gasteiger charge is 2.38. The van der Waals surface area contributed by atoms with Gasteiger partial charge in [0.15, 0.2) is 16.6 Å². The van der Waals surface area contributed by atoms with Gasteiger partial charge in [0, 0.05) is 0 Å². The fourth-order valence-electron chi connectivity index (χ4n) is 2.45. The van der Waals surface area contributed by atoms with Gasteiger partial charge in [-0.1, -0.05) is 20.3 Å². The molecule has 104 valence electrons. The third-order valence-corrected chi connectivity index (χ3v) is 12.9. The Kier molecular flexibility index (Phi) is 6.35. The molecule has 0 aliphatic rings. The molecule has 0 saturated heterocycles. The SMILES string of the molecule is CCC(C)C[Si](C)(C)O[Si](C)(C)O[Si](C)(C)C. The van der Waals surface area contributed by atoms with Crippen molar-refractivity contribution in [3.63, 3.8) is 0 Å². The monoisotopic (exact) mass is 292 g/mol. The van der Waals surface area contributed by atoms with Crippen LogP contribution < -0.4 is 0 Å². The predicted octanol–water partition coefficient (Wildman–Crippen LogP) is 4.81. The van der Waals surface area contributed by atoms with Crippen LogP contribution in [0.5, 0.6) is 0 Å². The summed E-state index contributed by atoms with van der Waals surface area (Å²) in [7, 11) is -4.98. The van der Waals surface area contributed by atoms with Crippen molar-refractivity contribution in [2.45, 2.75) is 72.1 Å². The molecule has 5 heteroatoms. The molecule has 0 aromatic rings. The lowest BCUT2D eigenvalue weighted by atomic mass is 10.2. The molecule has 1 unspecified atom stereocenters. The lowest BCUT2D eigenvalue weighted by Crippen LogP contribution is -2.51. The summed E-state index contributed by atoms with van der Waals surface area (Å²) in [6, 6.07) is 1.25. The maximum absolute atomic E-state index is 6.46. The summed E-state index contributed by atoms with van der Waals surface area (Å²) in [4.78, 5) is 0. The predicted molar refractivity (Wildman–Crippen MR) is 84.7 cm³/mol. The van der Waals surface area contributed by atoms with Crippen molar-refractivity contribution in [1.29, 1.82) is 0 Å². The van der Waals surface area contributed by atoms with Gasteiger partial charge in [0.2, 0.25) is 0 Å². The van der Waals surface area contributed by atoms with E-state index in [2.05, 4.69) is 59.7 Å². The van der Waals surface area contributed by atoms with E-state index in [-0.39, 0.29) is 0 Å². The summed E-state index contributed by atoms with van der Waals surface area (Å²) in [5.41, 5.74) is 0. The first-order valence-corrected chi connectivity index (χ1v) is 16.1. The van der Waals surface area contributed by atoms with Crippen molar-refractivity contribution in [2.75, 3.05) is 0 Å². The number of hydrogen-bond donors (Lipinski definition) is 0. The summed E-state index contributed by atoms with van der Waals surface area (Å²) in [5, 5.41) is 0. The molecule has 0 fully saturated rings. The highest BCUT2D eigenvalue weighted by Crippen LogP contribution is 2.26. The van der Waals surface area contributed by atoms with E-state index in [4.69, 9.17) is 8.23 Å². The summed E-state index contributed by atoms with van der Waals surface area (Å²) in [6.45, 7) is 20.4. The molecule has 0 aliphatic heterocycles.